The minimum absolute atomic E-state index is 0. The summed E-state index contributed by atoms with van der Waals surface area (Å²) in [6.07, 6.45) is 5.31. The molecule has 1 N–H and O–H groups in total. The molecular formula is C18H26Cl2N2OS. The number of likely N-dealkylation sites (tertiary alicyclic amines) is 1. The molecule has 3 nitrogen and oxygen atoms in total. The summed E-state index contributed by atoms with van der Waals surface area (Å²) in [5.74, 6) is 1.39. The fourth-order valence-corrected chi connectivity index (χ4v) is 4.61. The summed E-state index contributed by atoms with van der Waals surface area (Å²) in [7, 11) is 0. The van der Waals surface area contributed by atoms with Crippen LogP contribution in [0.15, 0.2) is 29.2 Å². The molecule has 0 radical (unpaired) electrons. The number of piperidine rings is 2. The average molecular weight is 389 g/mol. The molecule has 1 spiro atoms. The lowest BCUT2D eigenvalue weighted by Crippen LogP contribution is -2.50. The third-order valence-electron chi connectivity index (χ3n) is 5.07. The van der Waals surface area contributed by atoms with Gasteiger partial charge in [0.05, 0.1) is 0 Å². The van der Waals surface area contributed by atoms with Crippen molar-refractivity contribution in [2.45, 2.75) is 37.0 Å². The topological polar surface area (TPSA) is 32.3 Å². The maximum atomic E-state index is 12.2. The highest BCUT2D eigenvalue weighted by atomic mass is 35.5. The number of thioether (sulfide) groups is 1. The van der Waals surface area contributed by atoms with Crippen molar-refractivity contribution in [1.82, 2.24) is 10.2 Å². The van der Waals surface area contributed by atoms with Crippen LogP contribution in [0.25, 0.3) is 0 Å². The number of hydrogen-bond acceptors (Lipinski definition) is 3. The quantitative estimate of drug-likeness (QED) is 0.604. The largest absolute Gasteiger partial charge is 0.342 e. The summed E-state index contributed by atoms with van der Waals surface area (Å²) in [4.78, 5) is 15.6. The Balaban J connectivity index is 0.00000208. The lowest BCUT2D eigenvalue weighted by Gasteiger charge is -2.45. The Labute approximate surface area is 160 Å². The van der Waals surface area contributed by atoms with Gasteiger partial charge in [0.15, 0.2) is 0 Å². The molecule has 134 valence electrons. The Hall–Kier alpha value is -0.420. The molecule has 2 aliphatic heterocycles. The van der Waals surface area contributed by atoms with Crippen molar-refractivity contribution in [3.8, 4) is 0 Å². The lowest BCUT2D eigenvalue weighted by atomic mass is 9.73. The van der Waals surface area contributed by atoms with Crippen LogP contribution >= 0.6 is 35.8 Å². The predicted molar refractivity (Wildman–Crippen MR) is 104 cm³/mol. The van der Waals surface area contributed by atoms with E-state index in [4.69, 9.17) is 11.6 Å². The van der Waals surface area contributed by atoms with Crippen molar-refractivity contribution < 1.29 is 4.79 Å². The first-order valence-corrected chi connectivity index (χ1v) is 9.90. The molecule has 0 aliphatic carbocycles. The van der Waals surface area contributed by atoms with Crippen LogP contribution in [0.3, 0.4) is 0 Å². The Morgan fingerprint density at radius 2 is 1.88 bits per heavy atom. The van der Waals surface area contributed by atoms with Crippen LogP contribution in [0.1, 0.15) is 32.1 Å². The Morgan fingerprint density at radius 1 is 1.17 bits per heavy atom. The first-order valence-electron chi connectivity index (χ1n) is 8.54. The standard InChI is InChI=1S/C18H25ClN2OS.ClH/c19-15-2-4-16(5-3-15)23-13-1-12-21-14-18(7-6-17(21)22)8-10-20-11-9-18;/h2-5,20H,1,6-14H2;1H. The van der Waals surface area contributed by atoms with Gasteiger partial charge in [-0.05, 0) is 74.2 Å². The van der Waals surface area contributed by atoms with Gasteiger partial charge in [-0.15, -0.1) is 24.2 Å². The summed E-state index contributed by atoms with van der Waals surface area (Å²) in [5, 5.41) is 4.22. The number of nitrogens with zero attached hydrogens (tertiary/aromatic N) is 1. The molecular weight excluding hydrogens is 363 g/mol. The van der Waals surface area contributed by atoms with Crippen molar-refractivity contribution in [1.29, 1.82) is 0 Å². The normalized spacial score (nSPS) is 20.0. The molecule has 2 heterocycles. The smallest absolute Gasteiger partial charge is 0.222 e. The van der Waals surface area contributed by atoms with Gasteiger partial charge in [-0.3, -0.25) is 4.79 Å². The lowest BCUT2D eigenvalue weighted by molar-refractivity contribution is -0.138. The third-order valence-corrected chi connectivity index (χ3v) is 6.42. The van der Waals surface area contributed by atoms with Crippen LogP contribution < -0.4 is 5.32 Å². The van der Waals surface area contributed by atoms with Gasteiger partial charge in [-0.25, -0.2) is 0 Å². The molecule has 2 aliphatic rings. The molecule has 0 unspecified atom stereocenters. The van der Waals surface area contributed by atoms with E-state index < -0.39 is 0 Å². The summed E-state index contributed by atoms with van der Waals surface area (Å²) in [5.41, 5.74) is 0.391. The van der Waals surface area contributed by atoms with E-state index in [0.717, 1.165) is 56.2 Å². The molecule has 0 atom stereocenters. The van der Waals surface area contributed by atoms with E-state index in [9.17, 15) is 4.79 Å². The monoisotopic (exact) mass is 388 g/mol. The Bertz CT molecular complexity index is 532. The number of hydrogen-bond donors (Lipinski definition) is 1. The zero-order valence-corrected chi connectivity index (χ0v) is 16.3. The summed E-state index contributed by atoms with van der Waals surface area (Å²) in [6, 6.07) is 7.98. The number of halogens is 2. The zero-order chi connectivity index (χ0) is 16.1. The number of amides is 1. The van der Waals surface area contributed by atoms with E-state index in [1.807, 2.05) is 23.9 Å². The molecule has 0 bridgehead atoms. The summed E-state index contributed by atoms with van der Waals surface area (Å²) >= 11 is 7.74. The Morgan fingerprint density at radius 3 is 2.58 bits per heavy atom. The number of rotatable bonds is 5. The molecule has 1 amide bonds. The highest BCUT2D eigenvalue weighted by Crippen LogP contribution is 2.38. The third kappa shape index (κ3) is 5.29. The van der Waals surface area contributed by atoms with Gasteiger partial charge >= 0.3 is 0 Å². The van der Waals surface area contributed by atoms with Gasteiger partial charge in [0.2, 0.25) is 5.91 Å². The fourth-order valence-electron chi connectivity index (χ4n) is 3.65. The van der Waals surface area contributed by atoms with Crippen molar-refractivity contribution in [3.63, 3.8) is 0 Å². The van der Waals surface area contributed by atoms with Gasteiger partial charge in [0, 0.05) is 29.4 Å². The zero-order valence-electron chi connectivity index (χ0n) is 13.9. The van der Waals surface area contributed by atoms with E-state index in [1.165, 1.54) is 17.7 Å². The second-order valence-corrected chi connectivity index (χ2v) is 8.33. The first-order chi connectivity index (χ1) is 11.2. The molecule has 2 saturated heterocycles. The van der Waals surface area contributed by atoms with E-state index in [0.29, 0.717) is 11.3 Å². The molecule has 0 saturated carbocycles. The van der Waals surface area contributed by atoms with Crippen LogP contribution in [0.4, 0.5) is 0 Å². The summed E-state index contributed by atoms with van der Waals surface area (Å²) < 4.78 is 0. The minimum Gasteiger partial charge on any atom is -0.342 e. The highest BCUT2D eigenvalue weighted by Gasteiger charge is 2.38. The highest BCUT2D eigenvalue weighted by molar-refractivity contribution is 7.99. The molecule has 3 rings (SSSR count). The van der Waals surface area contributed by atoms with Crippen molar-refractivity contribution >= 4 is 41.7 Å². The van der Waals surface area contributed by atoms with Crippen LogP contribution in [-0.2, 0) is 4.79 Å². The summed E-state index contributed by atoms with van der Waals surface area (Å²) in [6.45, 7) is 4.08. The van der Waals surface area contributed by atoms with E-state index in [2.05, 4.69) is 22.3 Å². The first kappa shape index (κ1) is 19.9. The second kappa shape index (κ2) is 9.33. The average Bonchev–Trinajstić information content (AvgIpc) is 2.57. The fraction of sp³-hybridized carbons (Fsp3) is 0.611. The molecule has 24 heavy (non-hydrogen) atoms. The maximum absolute atomic E-state index is 12.2. The van der Waals surface area contributed by atoms with Gasteiger partial charge in [0.1, 0.15) is 0 Å². The van der Waals surface area contributed by atoms with E-state index in [1.54, 1.807) is 0 Å². The van der Waals surface area contributed by atoms with Crippen LogP contribution in [-0.4, -0.2) is 42.7 Å². The van der Waals surface area contributed by atoms with Gasteiger partial charge in [0.25, 0.3) is 0 Å². The molecule has 1 aromatic rings. The number of nitrogens with one attached hydrogen (secondary N) is 1. The van der Waals surface area contributed by atoms with E-state index in [-0.39, 0.29) is 12.4 Å². The number of carbonyl (C=O) groups excluding carboxylic acids is 1. The molecule has 6 heteroatoms. The SMILES string of the molecule is Cl.O=C1CCC2(CCNCC2)CN1CCCSc1ccc(Cl)cc1. The predicted octanol–water partition coefficient (Wildman–Crippen LogP) is 4.24. The molecule has 0 aromatic heterocycles. The van der Waals surface area contributed by atoms with Gasteiger partial charge < -0.3 is 10.2 Å². The Kier molecular flexibility index (Phi) is 7.73. The van der Waals surface area contributed by atoms with Crippen LogP contribution in [0.5, 0.6) is 0 Å². The van der Waals surface area contributed by atoms with E-state index >= 15 is 0 Å². The number of benzene rings is 1. The maximum Gasteiger partial charge on any atom is 0.222 e. The minimum atomic E-state index is 0. The van der Waals surface area contributed by atoms with Crippen molar-refractivity contribution in [2.24, 2.45) is 5.41 Å². The molecule has 2 fully saturated rings. The number of carbonyl (C=O) groups is 1. The van der Waals surface area contributed by atoms with Crippen LogP contribution in [0, 0.1) is 5.41 Å². The van der Waals surface area contributed by atoms with Gasteiger partial charge in [-0.1, -0.05) is 11.6 Å². The second-order valence-electron chi connectivity index (χ2n) is 6.72. The van der Waals surface area contributed by atoms with Crippen LogP contribution in [0.2, 0.25) is 5.02 Å². The van der Waals surface area contributed by atoms with Crippen molar-refractivity contribution in [3.05, 3.63) is 29.3 Å². The molecule has 1 aromatic carbocycles. The van der Waals surface area contributed by atoms with Crippen molar-refractivity contribution in [2.75, 3.05) is 31.9 Å². The van der Waals surface area contributed by atoms with Gasteiger partial charge in [-0.2, -0.15) is 0 Å².